The van der Waals surface area contributed by atoms with Gasteiger partial charge in [-0.05, 0) is 24.0 Å². The van der Waals surface area contributed by atoms with Crippen molar-refractivity contribution in [1.29, 1.82) is 0 Å². The average molecular weight is 255 g/mol. The summed E-state index contributed by atoms with van der Waals surface area (Å²) in [6, 6.07) is 9.95. The Balaban J connectivity index is 2.27. The standard InChI is InChI=1S/C15H17N3O/c1-10(2)9-11-3-5-12(6-4-11)13-7-8-17-15(18-13)14(16)19/h3-8,10H,9H2,1-2H3,(H2,16,19). The Hall–Kier alpha value is -2.23. The molecule has 4 nitrogen and oxygen atoms in total. The normalized spacial score (nSPS) is 10.7. The van der Waals surface area contributed by atoms with Crippen LogP contribution in [-0.4, -0.2) is 15.9 Å². The van der Waals surface area contributed by atoms with Gasteiger partial charge in [0.25, 0.3) is 5.91 Å². The van der Waals surface area contributed by atoms with E-state index in [-0.39, 0.29) is 5.82 Å². The van der Waals surface area contributed by atoms with Crippen molar-refractivity contribution in [3.8, 4) is 11.3 Å². The van der Waals surface area contributed by atoms with Gasteiger partial charge in [-0.15, -0.1) is 0 Å². The highest BCUT2D eigenvalue weighted by Crippen LogP contribution is 2.18. The smallest absolute Gasteiger partial charge is 0.286 e. The first-order valence-electron chi connectivity index (χ1n) is 6.28. The summed E-state index contributed by atoms with van der Waals surface area (Å²) in [7, 11) is 0. The van der Waals surface area contributed by atoms with E-state index in [4.69, 9.17) is 5.73 Å². The highest BCUT2D eigenvalue weighted by atomic mass is 16.1. The molecule has 1 amide bonds. The number of carbonyl (C=O) groups excluding carboxylic acids is 1. The van der Waals surface area contributed by atoms with Crippen LogP contribution in [-0.2, 0) is 6.42 Å². The maximum atomic E-state index is 11.1. The number of benzene rings is 1. The van der Waals surface area contributed by atoms with Gasteiger partial charge in [0.1, 0.15) is 0 Å². The molecule has 0 aliphatic carbocycles. The fourth-order valence-corrected chi connectivity index (χ4v) is 1.92. The van der Waals surface area contributed by atoms with Crippen molar-refractivity contribution >= 4 is 5.91 Å². The number of nitrogens with zero attached hydrogens (tertiary/aromatic N) is 2. The Morgan fingerprint density at radius 1 is 1.21 bits per heavy atom. The summed E-state index contributed by atoms with van der Waals surface area (Å²) in [4.78, 5) is 19.0. The Bertz CT molecular complexity index is 576. The number of rotatable bonds is 4. The molecule has 2 N–H and O–H groups in total. The molecule has 0 saturated carbocycles. The molecule has 98 valence electrons. The maximum Gasteiger partial charge on any atom is 0.286 e. The van der Waals surface area contributed by atoms with Gasteiger partial charge in [0.2, 0.25) is 5.82 Å². The second-order valence-corrected chi connectivity index (χ2v) is 4.92. The SMILES string of the molecule is CC(C)Cc1ccc(-c2ccnc(C(N)=O)n2)cc1. The van der Waals surface area contributed by atoms with Gasteiger partial charge in [0, 0.05) is 11.8 Å². The van der Waals surface area contributed by atoms with E-state index < -0.39 is 5.91 Å². The van der Waals surface area contributed by atoms with E-state index in [0.29, 0.717) is 11.6 Å². The van der Waals surface area contributed by atoms with Gasteiger partial charge in [0.05, 0.1) is 5.69 Å². The van der Waals surface area contributed by atoms with Crippen molar-refractivity contribution < 1.29 is 4.79 Å². The molecule has 0 spiro atoms. The number of primary amides is 1. The lowest BCUT2D eigenvalue weighted by molar-refractivity contribution is 0.0990. The fraction of sp³-hybridized carbons (Fsp3) is 0.267. The molecule has 4 heteroatoms. The number of hydrogen-bond donors (Lipinski definition) is 1. The van der Waals surface area contributed by atoms with Crippen molar-refractivity contribution in [3.05, 3.63) is 47.9 Å². The molecule has 19 heavy (non-hydrogen) atoms. The van der Waals surface area contributed by atoms with E-state index in [0.717, 1.165) is 12.0 Å². The van der Waals surface area contributed by atoms with Crippen LogP contribution in [0, 0.1) is 5.92 Å². The molecule has 0 aliphatic rings. The average Bonchev–Trinajstić information content (AvgIpc) is 2.39. The van der Waals surface area contributed by atoms with Gasteiger partial charge in [-0.2, -0.15) is 0 Å². The molecule has 0 atom stereocenters. The number of carbonyl (C=O) groups is 1. The molecule has 1 heterocycles. The zero-order valence-electron chi connectivity index (χ0n) is 11.1. The third kappa shape index (κ3) is 3.37. The summed E-state index contributed by atoms with van der Waals surface area (Å²) in [5.41, 5.74) is 8.13. The van der Waals surface area contributed by atoms with Crippen molar-refractivity contribution in [1.82, 2.24) is 9.97 Å². The lowest BCUT2D eigenvalue weighted by Crippen LogP contribution is -2.15. The first-order valence-corrected chi connectivity index (χ1v) is 6.28. The van der Waals surface area contributed by atoms with Crippen LogP contribution >= 0.6 is 0 Å². The van der Waals surface area contributed by atoms with Gasteiger partial charge in [-0.25, -0.2) is 9.97 Å². The Morgan fingerprint density at radius 2 is 1.89 bits per heavy atom. The molecule has 1 aromatic heterocycles. The van der Waals surface area contributed by atoms with Crippen molar-refractivity contribution in [3.63, 3.8) is 0 Å². The van der Waals surface area contributed by atoms with Crippen LogP contribution in [0.1, 0.15) is 30.0 Å². The zero-order chi connectivity index (χ0) is 13.8. The lowest BCUT2D eigenvalue weighted by atomic mass is 10.0. The van der Waals surface area contributed by atoms with Gasteiger partial charge in [-0.1, -0.05) is 38.1 Å². The van der Waals surface area contributed by atoms with Crippen LogP contribution in [0.25, 0.3) is 11.3 Å². The summed E-state index contributed by atoms with van der Waals surface area (Å²) < 4.78 is 0. The van der Waals surface area contributed by atoms with Gasteiger partial charge < -0.3 is 5.73 Å². The van der Waals surface area contributed by atoms with Gasteiger partial charge >= 0.3 is 0 Å². The molecule has 0 radical (unpaired) electrons. The Labute approximate surface area is 112 Å². The van der Waals surface area contributed by atoms with Crippen LogP contribution < -0.4 is 5.73 Å². The predicted octanol–water partition coefficient (Wildman–Crippen LogP) is 2.44. The molecule has 1 aromatic carbocycles. The minimum absolute atomic E-state index is 0.0451. The van der Waals surface area contributed by atoms with E-state index in [1.54, 1.807) is 12.3 Å². The topological polar surface area (TPSA) is 68.9 Å². The summed E-state index contributed by atoms with van der Waals surface area (Å²) in [5.74, 6) is 0.0633. The summed E-state index contributed by atoms with van der Waals surface area (Å²) in [6.45, 7) is 4.38. The van der Waals surface area contributed by atoms with Gasteiger partial charge in [-0.3, -0.25) is 4.79 Å². The van der Waals surface area contributed by atoms with Crippen LogP contribution in [0.15, 0.2) is 36.5 Å². The van der Waals surface area contributed by atoms with Crippen LogP contribution in [0.5, 0.6) is 0 Å². The molecular weight excluding hydrogens is 238 g/mol. The lowest BCUT2D eigenvalue weighted by Gasteiger charge is -2.06. The Kier molecular flexibility index (Phi) is 3.90. The van der Waals surface area contributed by atoms with Crippen LogP contribution in [0.3, 0.4) is 0 Å². The number of amides is 1. The summed E-state index contributed by atoms with van der Waals surface area (Å²) in [6.07, 6.45) is 2.60. The first-order chi connectivity index (χ1) is 9.06. The van der Waals surface area contributed by atoms with E-state index in [1.807, 2.05) is 12.1 Å². The first kappa shape index (κ1) is 13.2. The van der Waals surface area contributed by atoms with Crippen LogP contribution in [0.2, 0.25) is 0 Å². The van der Waals surface area contributed by atoms with E-state index in [2.05, 4.69) is 35.9 Å². The largest absolute Gasteiger partial charge is 0.363 e. The second-order valence-electron chi connectivity index (χ2n) is 4.92. The molecule has 0 fully saturated rings. The number of hydrogen-bond acceptors (Lipinski definition) is 3. The fourth-order valence-electron chi connectivity index (χ4n) is 1.92. The number of aromatic nitrogens is 2. The monoisotopic (exact) mass is 255 g/mol. The van der Waals surface area contributed by atoms with E-state index in [1.165, 1.54) is 5.56 Å². The molecule has 0 aliphatic heterocycles. The highest BCUT2D eigenvalue weighted by molar-refractivity contribution is 5.89. The molecular formula is C15H17N3O. The van der Waals surface area contributed by atoms with Gasteiger partial charge in [0.15, 0.2) is 0 Å². The van der Waals surface area contributed by atoms with Crippen LogP contribution in [0.4, 0.5) is 0 Å². The summed E-state index contributed by atoms with van der Waals surface area (Å²) >= 11 is 0. The number of nitrogens with two attached hydrogens (primary N) is 1. The second kappa shape index (κ2) is 5.61. The highest BCUT2D eigenvalue weighted by Gasteiger charge is 2.06. The maximum absolute atomic E-state index is 11.1. The molecule has 2 aromatic rings. The third-order valence-electron chi connectivity index (χ3n) is 2.77. The predicted molar refractivity (Wildman–Crippen MR) is 74.5 cm³/mol. The van der Waals surface area contributed by atoms with E-state index >= 15 is 0 Å². The Morgan fingerprint density at radius 3 is 2.47 bits per heavy atom. The molecule has 0 bridgehead atoms. The molecule has 2 rings (SSSR count). The quantitative estimate of drug-likeness (QED) is 0.912. The third-order valence-corrected chi connectivity index (χ3v) is 2.77. The minimum Gasteiger partial charge on any atom is -0.363 e. The van der Waals surface area contributed by atoms with Crippen molar-refractivity contribution in [2.45, 2.75) is 20.3 Å². The minimum atomic E-state index is -0.613. The molecule has 0 unspecified atom stereocenters. The van der Waals surface area contributed by atoms with Crippen molar-refractivity contribution in [2.24, 2.45) is 11.7 Å². The summed E-state index contributed by atoms with van der Waals surface area (Å²) in [5, 5.41) is 0. The molecule has 0 saturated heterocycles. The van der Waals surface area contributed by atoms with E-state index in [9.17, 15) is 4.79 Å². The zero-order valence-corrected chi connectivity index (χ0v) is 11.1. The van der Waals surface area contributed by atoms with Crippen molar-refractivity contribution in [2.75, 3.05) is 0 Å².